The summed E-state index contributed by atoms with van der Waals surface area (Å²) in [6, 6.07) is 10.7. The minimum atomic E-state index is -3.53. The standard InChI is InChI=1S/C12H14N2O2S/c1-14(2)17(15,16)12-10-6-4-3-5-9(10)7-8-11(12)13/h3-8H,13H2,1-2H3. The Hall–Kier alpha value is -1.59. The molecule has 2 rings (SSSR count). The van der Waals surface area contributed by atoms with E-state index in [0.717, 1.165) is 5.39 Å². The third-order valence-corrected chi connectivity index (χ3v) is 4.58. The molecule has 0 aliphatic carbocycles. The molecule has 0 aliphatic heterocycles. The number of benzene rings is 2. The first-order valence-corrected chi connectivity index (χ1v) is 6.58. The van der Waals surface area contributed by atoms with E-state index in [2.05, 4.69) is 0 Å². The number of sulfonamides is 1. The first-order chi connectivity index (χ1) is 7.94. The van der Waals surface area contributed by atoms with E-state index in [4.69, 9.17) is 5.73 Å². The average Bonchev–Trinajstić information content (AvgIpc) is 2.28. The van der Waals surface area contributed by atoms with Gasteiger partial charge in [-0.25, -0.2) is 12.7 Å². The van der Waals surface area contributed by atoms with Crippen LogP contribution in [0.3, 0.4) is 0 Å². The highest BCUT2D eigenvalue weighted by Crippen LogP contribution is 2.29. The maximum Gasteiger partial charge on any atom is 0.245 e. The molecule has 4 nitrogen and oxygen atoms in total. The Morgan fingerprint density at radius 2 is 1.71 bits per heavy atom. The van der Waals surface area contributed by atoms with Crippen molar-refractivity contribution in [1.82, 2.24) is 4.31 Å². The van der Waals surface area contributed by atoms with Crippen LogP contribution in [0, 0.1) is 0 Å². The van der Waals surface area contributed by atoms with Crippen molar-refractivity contribution in [3.63, 3.8) is 0 Å². The SMILES string of the molecule is CN(C)S(=O)(=O)c1c(N)ccc2ccccc12. The summed E-state index contributed by atoms with van der Waals surface area (Å²) in [5.41, 5.74) is 6.08. The second-order valence-corrected chi connectivity index (χ2v) is 6.08. The van der Waals surface area contributed by atoms with E-state index in [1.54, 1.807) is 18.2 Å². The molecule has 0 bridgehead atoms. The van der Waals surface area contributed by atoms with Gasteiger partial charge in [0.05, 0.1) is 5.69 Å². The number of hydrogen-bond donors (Lipinski definition) is 1. The second-order valence-electron chi connectivity index (χ2n) is 3.99. The van der Waals surface area contributed by atoms with E-state index in [-0.39, 0.29) is 10.6 Å². The Labute approximate surface area is 101 Å². The lowest BCUT2D eigenvalue weighted by atomic mass is 10.1. The second kappa shape index (κ2) is 4.01. The Balaban J connectivity index is 2.90. The fourth-order valence-corrected chi connectivity index (χ4v) is 2.93. The van der Waals surface area contributed by atoms with Gasteiger partial charge in [-0.1, -0.05) is 30.3 Å². The van der Waals surface area contributed by atoms with Crippen LogP contribution in [0.2, 0.25) is 0 Å². The van der Waals surface area contributed by atoms with Crippen LogP contribution < -0.4 is 5.73 Å². The lowest BCUT2D eigenvalue weighted by molar-refractivity contribution is 0.522. The molecule has 0 spiro atoms. The molecular weight excluding hydrogens is 236 g/mol. The zero-order valence-electron chi connectivity index (χ0n) is 9.71. The molecule has 2 aromatic carbocycles. The van der Waals surface area contributed by atoms with Crippen molar-refractivity contribution < 1.29 is 8.42 Å². The maximum atomic E-state index is 12.2. The van der Waals surface area contributed by atoms with E-state index < -0.39 is 10.0 Å². The van der Waals surface area contributed by atoms with Crippen molar-refractivity contribution >= 4 is 26.5 Å². The van der Waals surface area contributed by atoms with Gasteiger partial charge in [-0.05, 0) is 11.5 Å². The van der Waals surface area contributed by atoms with Gasteiger partial charge in [-0.15, -0.1) is 0 Å². The van der Waals surface area contributed by atoms with Crippen molar-refractivity contribution in [3.05, 3.63) is 36.4 Å². The molecule has 0 aromatic heterocycles. The van der Waals surface area contributed by atoms with E-state index in [9.17, 15) is 8.42 Å². The van der Waals surface area contributed by atoms with E-state index >= 15 is 0 Å². The number of rotatable bonds is 2. The smallest absolute Gasteiger partial charge is 0.245 e. The van der Waals surface area contributed by atoms with Gasteiger partial charge < -0.3 is 5.73 Å². The summed E-state index contributed by atoms with van der Waals surface area (Å²) in [5.74, 6) is 0. The van der Waals surface area contributed by atoms with Gasteiger partial charge in [-0.2, -0.15) is 0 Å². The minimum Gasteiger partial charge on any atom is -0.398 e. The van der Waals surface area contributed by atoms with Crippen LogP contribution in [-0.4, -0.2) is 26.8 Å². The summed E-state index contributed by atoms with van der Waals surface area (Å²) >= 11 is 0. The van der Waals surface area contributed by atoms with Crippen LogP contribution in [-0.2, 0) is 10.0 Å². The summed E-state index contributed by atoms with van der Waals surface area (Å²) in [6.45, 7) is 0. The van der Waals surface area contributed by atoms with Gasteiger partial charge in [-0.3, -0.25) is 0 Å². The van der Waals surface area contributed by atoms with Crippen LogP contribution in [0.5, 0.6) is 0 Å². The zero-order valence-corrected chi connectivity index (χ0v) is 10.5. The Kier molecular flexibility index (Phi) is 2.81. The lowest BCUT2D eigenvalue weighted by Crippen LogP contribution is -2.23. The van der Waals surface area contributed by atoms with Crippen molar-refractivity contribution in [2.75, 3.05) is 19.8 Å². The monoisotopic (exact) mass is 250 g/mol. The third-order valence-electron chi connectivity index (χ3n) is 2.65. The number of nitrogens with zero attached hydrogens (tertiary/aromatic N) is 1. The van der Waals surface area contributed by atoms with Crippen LogP contribution in [0.15, 0.2) is 41.3 Å². The maximum absolute atomic E-state index is 12.2. The molecule has 0 saturated heterocycles. The molecule has 0 saturated carbocycles. The van der Waals surface area contributed by atoms with Gasteiger partial charge in [0, 0.05) is 19.5 Å². The van der Waals surface area contributed by atoms with Gasteiger partial charge in [0.15, 0.2) is 0 Å². The lowest BCUT2D eigenvalue weighted by Gasteiger charge is -2.15. The topological polar surface area (TPSA) is 63.4 Å². The summed E-state index contributed by atoms with van der Waals surface area (Å²) in [5, 5.41) is 1.52. The zero-order chi connectivity index (χ0) is 12.6. The first kappa shape index (κ1) is 11.9. The summed E-state index contributed by atoms with van der Waals surface area (Å²) in [6.07, 6.45) is 0. The highest BCUT2D eigenvalue weighted by molar-refractivity contribution is 7.89. The molecule has 2 aromatic rings. The molecule has 0 amide bonds. The molecule has 0 fully saturated rings. The minimum absolute atomic E-state index is 0.181. The van der Waals surface area contributed by atoms with E-state index in [1.807, 2.05) is 18.2 Å². The van der Waals surface area contributed by atoms with Crippen molar-refractivity contribution in [2.24, 2.45) is 0 Å². The molecule has 0 aliphatic rings. The van der Waals surface area contributed by atoms with Crippen molar-refractivity contribution in [1.29, 1.82) is 0 Å². The molecule has 0 heterocycles. The number of anilines is 1. The first-order valence-electron chi connectivity index (χ1n) is 5.14. The quantitative estimate of drug-likeness (QED) is 0.825. The predicted octanol–water partition coefficient (Wildman–Crippen LogP) is 1.67. The van der Waals surface area contributed by atoms with Gasteiger partial charge in [0.1, 0.15) is 4.90 Å². The predicted molar refractivity (Wildman–Crippen MR) is 69.2 cm³/mol. The summed E-state index contributed by atoms with van der Waals surface area (Å²) in [7, 11) is -0.533. The van der Waals surface area contributed by atoms with E-state index in [0.29, 0.717) is 5.39 Å². The average molecular weight is 250 g/mol. The highest BCUT2D eigenvalue weighted by atomic mass is 32.2. The third kappa shape index (κ3) is 1.87. The molecular formula is C12H14N2O2S. The number of fused-ring (bicyclic) bond motifs is 1. The van der Waals surface area contributed by atoms with Crippen molar-refractivity contribution in [2.45, 2.75) is 4.90 Å². The molecule has 5 heteroatoms. The number of nitrogen functional groups attached to an aromatic ring is 1. The largest absolute Gasteiger partial charge is 0.398 e. The van der Waals surface area contributed by atoms with Gasteiger partial charge in [0.25, 0.3) is 0 Å². The van der Waals surface area contributed by atoms with E-state index in [1.165, 1.54) is 18.4 Å². The van der Waals surface area contributed by atoms with Crippen LogP contribution in [0.25, 0.3) is 10.8 Å². The number of nitrogens with two attached hydrogens (primary N) is 1. The summed E-state index contributed by atoms with van der Waals surface area (Å²) < 4.78 is 25.6. The van der Waals surface area contributed by atoms with Gasteiger partial charge >= 0.3 is 0 Å². The normalized spacial score (nSPS) is 12.2. The molecule has 2 N–H and O–H groups in total. The molecule has 0 unspecified atom stereocenters. The van der Waals surface area contributed by atoms with Crippen molar-refractivity contribution in [3.8, 4) is 0 Å². The molecule has 90 valence electrons. The van der Waals surface area contributed by atoms with Crippen LogP contribution in [0.4, 0.5) is 5.69 Å². The fraction of sp³-hybridized carbons (Fsp3) is 0.167. The highest BCUT2D eigenvalue weighted by Gasteiger charge is 2.22. The molecule has 0 atom stereocenters. The Bertz CT molecular complexity index is 663. The fourth-order valence-electron chi connectivity index (χ4n) is 1.73. The molecule has 0 radical (unpaired) electrons. The number of hydrogen-bond acceptors (Lipinski definition) is 3. The van der Waals surface area contributed by atoms with Gasteiger partial charge in [0.2, 0.25) is 10.0 Å². The Morgan fingerprint density at radius 3 is 2.35 bits per heavy atom. The van der Waals surface area contributed by atoms with Crippen LogP contribution in [0.1, 0.15) is 0 Å². The molecule has 17 heavy (non-hydrogen) atoms. The summed E-state index contributed by atoms with van der Waals surface area (Å²) in [4.78, 5) is 0.181. The van der Waals surface area contributed by atoms with Crippen LogP contribution >= 0.6 is 0 Å². The Morgan fingerprint density at radius 1 is 1.06 bits per heavy atom.